The maximum Gasteiger partial charge on any atom is 0.0811 e. The quantitative estimate of drug-likeness (QED) is 0.491. The van der Waals surface area contributed by atoms with Crippen molar-refractivity contribution < 1.29 is 15.3 Å². The Bertz CT molecular complexity index is 737. The fourth-order valence-corrected chi connectivity index (χ4v) is 3.87. The Kier molecular flexibility index (Phi) is 8.88. The van der Waals surface area contributed by atoms with Crippen LogP contribution >= 0.6 is 0 Å². The number of aryl methyl sites for hydroxylation is 1. The van der Waals surface area contributed by atoms with Gasteiger partial charge in [0.1, 0.15) is 0 Å². The maximum absolute atomic E-state index is 10.0. The van der Waals surface area contributed by atoms with Gasteiger partial charge in [-0.05, 0) is 73.8 Å². The van der Waals surface area contributed by atoms with Crippen LogP contribution < -0.4 is 0 Å². The first-order valence-corrected chi connectivity index (χ1v) is 11.0. The summed E-state index contributed by atoms with van der Waals surface area (Å²) in [4.78, 5) is 0. The van der Waals surface area contributed by atoms with E-state index in [1.54, 1.807) is 0 Å². The SMILES string of the molecule is C=C1/C(=C\C=C(/CC)c2cccc(CCCCCC(C)(C)O)c2)C[C@@H](O)CC1O. The molecule has 1 unspecified atom stereocenters. The molecule has 1 aliphatic carbocycles. The topological polar surface area (TPSA) is 60.7 Å². The highest BCUT2D eigenvalue weighted by molar-refractivity contribution is 5.68. The zero-order valence-corrected chi connectivity index (χ0v) is 18.3. The molecule has 3 nitrogen and oxygen atoms in total. The number of aliphatic hydroxyl groups excluding tert-OH is 2. The third-order valence-corrected chi connectivity index (χ3v) is 5.68. The van der Waals surface area contributed by atoms with Gasteiger partial charge in [-0.2, -0.15) is 0 Å². The summed E-state index contributed by atoms with van der Waals surface area (Å²) in [6, 6.07) is 8.71. The molecule has 29 heavy (non-hydrogen) atoms. The van der Waals surface area contributed by atoms with Crippen molar-refractivity contribution in [2.24, 2.45) is 0 Å². The predicted molar refractivity (Wildman–Crippen MR) is 122 cm³/mol. The molecule has 1 fully saturated rings. The highest BCUT2D eigenvalue weighted by Crippen LogP contribution is 2.29. The van der Waals surface area contributed by atoms with Crippen molar-refractivity contribution in [3.63, 3.8) is 0 Å². The second-order valence-electron chi connectivity index (χ2n) is 8.95. The van der Waals surface area contributed by atoms with Crippen LogP contribution in [0.4, 0.5) is 0 Å². The molecule has 0 radical (unpaired) electrons. The van der Waals surface area contributed by atoms with Gasteiger partial charge in [-0.1, -0.05) is 62.8 Å². The number of unbranched alkanes of at least 4 members (excludes halogenated alkanes) is 2. The summed E-state index contributed by atoms with van der Waals surface area (Å²) < 4.78 is 0. The molecule has 1 aliphatic rings. The monoisotopic (exact) mass is 398 g/mol. The molecule has 0 aliphatic heterocycles. The van der Waals surface area contributed by atoms with Gasteiger partial charge in [-0.15, -0.1) is 0 Å². The van der Waals surface area contributed by atoms with Crippen molar-refractivity contribution >= 4 is 5.57 Å². The molecule has 3 N–H and O–H groups in total. The summed E-state index contributed by atoms with van der Waals surface area (Å²) in [6.07, 6.45) is 10.0. The van der Waals surface area contributed by atoms with Crippen molar-refractivity contribution in [1.82, 2.24) is 0 Å². The minimum Gasteiger partial charge on any atom is -0.393 e. The molecule has 0 bridgehead atoms. The molecule has 2 rings (SSSR count). The van der Waals surface area contributed by atoms with Crippen LogP contribution in [0.5, 0.6) is 0 Å². The lowest BCUT2D eigenvalue weighted by molar-refractivity contribution is 0.0680. The molecule has 0 saturated heterocycles. The Hall–Kier alpha value is -1.68. The smallest absolute Gasteiger partial charge is 0.0811 e. The summed E-state index contributed by atoms with van der Waals surface area (Å²) >= 11 is 0. The minimum atomic E-state index is -0.650. The second-order valence-corrected chi connectivity index (χ2v) is 8.95. The second kappa shape index (κ2) is 10.9. The third-order valence-electron chi connectivity index (χ3n) is 5.68. The Morgan fingerprint density at radius 2 is 1.97 bits per heavy atom. The first kappa shape index (κ1) is 23.6. The lowest BCUT2D eigenvalue weighted by atomic mass is 9.86. The number of allylic oxidation sites excluding steroid dienone is 3. The van der Waals surface area contributed by atoms with Crippen molar-refractivity contribution in [3.8, 4) is 0 Å². The fraction of sp³-hybridized carbons (Fsp3) is 0.538. The van der Waals surface area contributed by atoms with E-state index in [0.29, 0.717) is 12.8 Å². The fourth-order valence-electron chi connectivity index (χ4n) is 3.87. The number of benzene rings is 1. The van der Waals surface area contributed by atoms with E-state index < -0.39 is 17.8 Å². The lowest BCUT2D eigenvalue weighted by Gasteiger charge is -2.26. The molecular formula is C26H38O3. The molecule has 1 aromatic rings. The summed E-state index contributed by atoms with van der Waals surface area (Å²) in [7, 11) is 0. The van der Waals surface area contributed by atoms with Crippen LogP contribution in [0.2, 0.25) is 0 Å². The van der Waals surface area contributed by atoms with Crippen LogP contribution in [-0.2, 0) is 6.42 Å². The normalized spacial score (nSPS) is 22.3. The average Bonchev–Trinajstić information content (AvgIpc) is 2.65. The van der Waals surface area contributed by atoms with Crippen LogP contribution in [0.1, 0.15) is 76.8 Å². The van der Waals surface area contributed by atoms with E-state index in [4.69, 9.17) is 0 Å². The van der Waals surface area contributed by atoms with Gasteiger partial charge in [0.05, 0.1) is 17.8 Å². The Morgan fingerprint density at radius 3 is 2.66 bits per heavy atom. The zero-order valence-electron chi connectivity index (χ0n) is 18.3. The van der Waals surface area contributed by atoms with E-state index in [2.05, 4.69) is 43.8 Å². The molecule has 2 atom stereocenters. The van der Waals surface area contributed by atoms with Crippen molar-refractivity contribution in [2.75, 3.05) is 0 Å². The summed E-state index contributed by atoms with van der Waals surface area (Å²) in [5, 5.41) is 29.8. The standard InChI is InChI=1S/C26H38O3/c1-5-21(13-14-22-17-24(27)18-25(28)19(22)2)23-12-9-11-20(16-23)10-7-6-8-15-26(3,4)29/h9,11-14,16,24-25,27-29H,2,5-8,10,15,17-18H2,1,3-4H3/b21-13+,22-14-/t24-,25?/m1/s1. The summed E-state index contributed by atoms with van der Waals surface area (Å²) in [5.41, 5.74) is 4.90. The van der Waals surface area contributed by atoms with Crippen molar-refractivity contribution in [1.29, 1.82) is 0 Å². The van der Waals surface area contributed by atoms with Crippen LogP contribution in [0.25, 0.3) is 5.57 Å². The number of hydrogen-bond acceptors (Lipinski definition) is 3. The Balaban J connectivity index is 2.02. The number of rotatable bonds is 9. The van der Waals surface area contributed by atoms with E-state index in [9.17, 15) is 15.3 Å². The zero-order chi connectivity index (χ0) is 21.4. The van der Waals surface area contributed by atoms with E-state index in [1.165, 1.54) is 16.7 Å². The highest BCUT2D eigenvalue weighted by Gasteiger charge is 2.24. The largest absolute Gasteiger partial charge is 0.393 e. The molecule has 1 aromatic carbocycles. The van der Waals surface area contributed by atoms with Gasteiger partial charge in [0.2, 0.25) is 0 Å². The Morgan fingerprint density at radius 1 is 1.21 bits per heavy atom. The molecule has 0 aromatic heterocycles. The average molecular weight is 399 g/mol. The van der Waals surface area contributed by atoms with Gasteiger partial charge >= 0.3 is 0 Å². The van der Waals surface area contributed by atoms with Gasteiger partial charge < -0.3 is 15.3 Å². The first-order chi connectivity index (χ1) is 13.7. The molecule has 3 heteroatoms. The Labute approximate surface area is 176 Å². The highest BCUT2D eigenvalue weighted by atomic mass is 16.3. The van der Waals surface area contributed by atoms with E-state index >= 15 is 0 Å². The van der Waals surface area contributed by atoms with Crippen molar-refractivity contribution in [3.05, 3.63) is 65.3 Å². The van der Waals surface area contributed by atoms with E-state index in [-0.39, 0.29) is 0 Å². The molecule has 0 spiro atoms. The molecular weight excluding hydrogens is 360 g/mol. The van der Waals surface area contributed by atoms with Crippen LogP contribution in [0.3, 0.4) is 0 Å². The molecule has 1 saturated carbocycles. The van der Waals surface area contributed by atoms with Gasteiger partial charge in [-0.25, -0.2) is 0 Å². The van der Waals surface area contributed by atoms with E-state index in [0.717, 1.165) is 49.7 Å². The minimum absolute atomic E-state index is 0.373. The van der Waals surface area contributed by atoms with Gasteiger partial charge in [-0.3, -0.25) is 0 Å². The first-order valence-electron chi connectivity index (χ1n) is 11.0. The van der Waals surface area contributed by atoms with Gasteiger partial charge in [0.15, 0.2) is 0 Å². The molecule has 0 heterocycles. The van der Waals surface area contributed by atoms with Gasteiger partial charge in [0, 0.05) is 6.42 Å². The third kappa shape index (κ3) is 7.93. The van der Waals surface area contributed by atoms with E-state index in [1.807, 2.05) is 19.9 Å². The number of aliphatic hydroxyl groups is 3. The van der Waals surface area contributed by atoms with Crippen molar-refractivity contribution in [2.45, 2.75) is 89.9 Å². The van der Waals surface area contributed by atoms with Crippen LogP contribution in [-0.4, -0.2) is 33.1 Å². The van der Waals surface area contributed by atoms with Crippen LogP contribution in [0, 0.1) is 0 Å². The maximum atomic E-state index is 10.0. The molecule has 0 amide bonds. The molecule has 160 valence electrons. The summed E-state index contributed by atoms with van der Waals surface area (Å²) in [6.45, 7) is 9.88. The summed E-state index contributed by atoms with van der Waals surface area (Å²) in [5.74, 6) is 0. The lowest BCUT2D eigenvalue weighted by Crippen LogP contribution is -2.26. The van der Waals surface area contributed by atoms with Crippen LogP contribution in [0.15, 0.2) is 54.1 Å². The predicted octanol–water partition coefficient (Wildman–Crippen LogP) is 5.35. The number of hydrogen-bond donors (Lipinski definition) is 3. The van der Waals surface area contributed by atoms with Gasteiger partial charge in [0.25, 0.3) is 0 Å².